The number of benzene rings is 1. The summed E-state index contributed by atoms with van der Waals surface area (Å²) in [5.74, 6) is -0.737. The molecule has 0 unspecified atom stereocenters. The highest BCUT2D eigenvalue weighted by molar-refractivity contribution is 5.89. The average molecular weight is 462 g/mol. The molecule has 0 amide bonds. The number of esters is 1. The second-order valence-corrected chi connectivity index (χ2v) is 8.91. The van der Waals surface area contributed by atoms with Crippen LogP contribution < -0.4 is 9.57 Å². The Hall–Kier alpha value is -3.16. The molecule has 0 radical (unpaired) electrons. The van der Waals surface area contributed by atoms with Crippen LogP contribution in [0.25, 0.3) is 0 Å². The molecular formula is C25H35NO7. The first kappa shape index (κ1) is 26.1. The Labute approximate surface area is 195 Å². The van der Waals surface area contributed by atoms with E-state index in [9.17, 15) is 19.8 Å². The van der Waals surface area contributed by atoms with Gasteiger partial charge in [0.15, 0.2) is 0 Å². The van der Waals surface area contributed by atoms with Crippen molar-refractivity contribution in [1.29, 1.82) is 0 Å². The molecule has 0 saturated carbocycles. The van der Waals surface area contributed by atoms with E-state index in [-0.39, 0.29) is 24.2 Å². The van der Waals surface area contributed by atoms with E-state index in [4.69, 9.17) is 14.3 Å². The summed E-state index contributed by atoms with van der Waals surface area (Å²) < 4.78 is 11.8. The minimum absolute atomic E-state index is 0.234. The number of carbonyl (C=O) groups is 2. The van der Waals surface area contributed by atoms with Crippen LogP contribution in [0.5, 0.6) is 17.5 Å². The molecule has 0 atom stereocenters. The fraction of sp³-hybridized carbons (Fsp3) is 0.520. The highest BCUT2D eigenvalue weighted by atomic mass is 16.7. The lowest BCUT2D eigenvalue weighted by atomic mass is 10.1. The van der Waals surface area contributed by atoms with Gasteiger partial charge in [-0.25, -0.2) is 9.59 Å². The van der Waals surface area contributed by atoms with E-state index >= 15 is 0 Å². The molecular weight excluding hydrogens is 426 g/mol. The Morgan fingerprint density at radius 2 is 1.36 bits per heavy atom. The summed E-state index contributed by atoms with van der Waals surface area (Å²) in [6, 6.07) is 9.48. The molecule has 0 spiro atoms. The van der Waals surface area contributed by atoms with E-state index in [1.807, 2.05) is 20.8 Å². The van der Waals surface area contributed by atoms with Crippen LogP contribution in [0, 0.1) is 0 Å². The van der Waals surface area contributed by atoms with Gasteiger partial charge in [-0.15, -0.1) is 4.73 Å². The number of rotatable bonds is 13. The van der Waals surface area contributed by atoms with Crippen molar-refractivity contribution >= 4 is 11.9 Å². The first-order valence-electron chi connectivity index (χ1n) is 11.4. The molecule has 0 aliphatic carbocycles. The van der Waals surface area contributed by atoms with Crippen LogP contribution in [-0.4, -0.2) is 39.1 Å². The van der Waals surface area contributed by atoms with Gasteiger partial charge in [-0.05, 0) is 57.9 Å². The molecule has 2 N–H and O–H groups in total. The van der Waals surface area contributed by atoms with Gasteiger partial charge in [0, 0.05) is 18.6 Å². The highest BCUT2D eigenvalue weighted by Gasteiger charge is 2.17. The minimum Gasteiger partial charge on any atom is -0.494 e. The molecule has 8 heteroatoms. The highest BCUT2D eigenvalue weighted by Crippen LogP contribution is 2.19. The molecule has 2 rings (SSSR count). The van der Waals surface area contributed by atoms with E-state index in [0.717, 1.165) is 44.3 Å². The van der Waals surface area contributed by atoms with Crippen molar-refractivity contribution < 1.29 is 34.1 Å². The summed E-state index contributed by atoms with van der Waals surface area (Å²) in [5, 5.41) is 18.9. The second kappa shape index (κ2) is 12.8. The lowest BCUT2D eigenvalue weighted by Gasteiger charge is -2.19. The third kappa shape index (κ3) is 9.89. The molecule has 0 fully saturated rings. The lowest BCUT2D eigenvalue weighted by molar-refractivity contribution is -0.145. The van der Waals surface area contributed by atoms with Crippen LogP contribution in [0.3, 0.4) is 0 Å². The average Bonchev–Trinajstić information content (AvgIpc) is 3.06. The minimum atomic E-state index is -0.517. The van der Waals surface area contributed by atoms with Crippen molar-refractivity contribution in [2.45, 2.75) is 77.7 Å². The van der Waals surface area contributed by atoms with Gasteiger partial charge in [-0.3, -0.25) is 0 Å². The normalized spacial score (nSPS) is 11.2. The molecule has 1 heterocycles. The number of hydrogen-bond donors (Lipinski definition) is 2. The Balaban J connectivity index is 1.48. The van der Waals surface area contributed by atoms with Crippen molar-refractivity contribution in [3.05, 3.63) is 42.0 Å². The Morgan fingerprint density at radius 1 is 0.818 bits per heavy atom. The van der Waals surface area contributed by atoms with Crippen molar-refractivity contribution in [2.24, 2.45) is 0 Å². The second-order valence-electron chi connectivity index (χ2n) is 8.91. The van der Waals surface area contributed by atoms with Crippen LogP contribution in [0.4, 0.5) is 0 Å². The summed E-state index contributed by atoms with van der Waals surface area (Å²) in [6.45, 7) is 6.14. The van der Waals surface area contributed by atoms with Gasteiger partial charge >= 0.3 is 11.9 Å². The van der Waals surface area contributed by atoms with Crippen molar-refractivity contribution in [1.82, 2.24) is 4.73 Å². The van der Waals surface area contributed by atoms with Crippen LogP contribution in [-0.2, 0) is 9.53 Å². The van der Waals surface area contributed by atoms with E-state index in [2.05, 4.69) is 0 Å². The molecule has 1 aromatic heterocycles. The Bertz CT molecular complexity index is 862. The van der Waals surface area contributed by atoms with E-state index in [1.165, 1.54) is 12.1 Å². The fourth-order valence-corrected chi connectivity index (χ4v) is 3.11. The van der Waals surface area contributed by atoms with Crippen LogP contribution in [0.2, 0.25) is 0 Å². The van der Waals surface area contributed by atoms with Crippen LogP contribution >= 0.6 is 0 Å². The molecule has 2 aromatic rings. The zero-order valence-corrected chi connectivity index (χ0v) is 19.7. The van der Waals surface area contributed by atoms with E-state index in [1.54, 1.807) is 24.3 Å². The smallest absolute Gasteiger partial charge is 0.338 e. The summed E-state index contributed by atoms with van der Waals surface area (Å²) >= 11 is 0. The molecule has 0 bridgehead atoms. The third-order valence-corrected chi connectivity index (χ3v) is 4.77. The number of unbranched alkanes of at least 4 members (excludes halogenated alkanes) is 6. The molecule has 33 heavy (non-hydrogen) atoms. The molecule has 8 nitrogen and oxygen atoms in total. The van der Waals surface area contributed by atoms with E-state index < -0.39 is 11.6 Å². The largest absolute Gasteiger partial charge is 0.494 e. The van der Waals surface area contributed by atoms with Gasteiger partial charge in [0.2, 0.25) is 11.8 Å². The number of carbonyl (C=O) groups excluding carboxylic acids is 2. The van der Waals surface area contributed by atoms with E-state index in [0.29, 0.717) is 23.3 Å². The predicted octanol–water partition coefficient (Wildman–Crippen LogP) is 5.01. The maximum absolute atomic E-state index is 12.0. The topological polar surface area (TPSA) is 107 Å². The SMILES string of the molecule is CC(C)(C)OC(=O)c1ccc(OCCCCCCCCCC(=O)On2c(O)ccc2O)cc1. The van der Waals surface area contributed by atoms with Crippen molar-refractivity contribution in [3.63, 3.8) is 0 Å². The molecule has 0 saturated heterocycles. The molecule has 182 valence electrons. The van der Waals surface area contributed by atoms with Gasteiger partial charge in [-0.2, -0.15) is 0 Å². The number of aromatic nitrogens is 1. The first-order valence-corrected chi connectivity index (χ1v) is 11.4. The van der Waals surface area contributed by atoms with Gasteiger partial charge in [0.25, 0.3) is 0 Å². The number of hydrogen-bond acceptors (Lipinski definition) is 7. The van der Waals surface area contributed by atoms with Gasteiger partial charge in [-0.1, -0.05) is 32.1 Å². The number of aromatic hydroxyl groups is 2. The maximum atomic E-state index is 12.0. The fourth-order valence-electron chi connectivity index (χ4n) is 3.11. The molecule has 0 aliphatic heterocycles. The summed E-state index contributed by atoms with van der Waals surface area (Å²) in [5.41, 5.74) is -0.0110. The van der Waals surface area contributed by atoms with Gasteiger partial charge in [0.05, 0.1) is 12.2 Å². The summed E-state index contributed by atoms with van der Waals surface area (Å²) in [7, 11) is 0. The monoisotopic (exact) mass is 461 g/mol. The van der Waals surface area contributed by atoms with Crippen molar-refractivity contribution in [3.8, 4) is 17.5 Å². The maximum Gasteiger partial charge on any atom is 0.338 e. The number of nitrogens with zero attached hydrogens (tertiary/aromatic N) is 1. The Kier molecular flexibility index (Phi) is 10.1. The van der Waals surface area contributed by atoms with Gasteiger partial charge in [0.1, 0.15) is 11.4 Å². The first-order chi connectivity index (χ1) is 15.7. The standard InChI is InChI=1S/C25H35NO7/c1-25(2,3)32-24(30)19-12-14-20(15-13-19)31-18-10-8-6-4-5-7-9-11-23(29)33-26-21(27)16-17-22(26)28/h12-17,27-28H,4-11,18H2,1-3H3. The summed E-state index contributed by atoms with van der Waals surface area (Å²) in [4.78, 5) is 28.7. The Morgan fingerprint density at radius 3 is 1.94 bits per heavy atom. The molecule has 0 aliphatic rings. The van der Waals surface area contributed by atoms with Crippen molar-refractivity contribution in [2.75, 3.05) is 6.61 Å². The molecule has 1 aromatic carbocycles. The zero-order chi connectivity index (χ0) is 24.3. The quantitative estimate of drug-likeness (QED) is 0.319. The third-order valence-electron chi connectivity index (χ3n) is 4.77. The van der Waals surface area contributed by atoms with Crippen LogP contribution in [0.15, 0.2) is 36.4 Å². The summed E-state index contributed by atoms with van der Waals surface area (Å²) in [6.07, 6.45) is 7.06. The predicted molar refractivity (Wildman–Crippen MR) is 123 cm³/mol. The zero-order valence-electron chi connectivity index (χ0n) is 19.7. The lowest BCUT2D eigenvalue weighted by Crippen LogP contribution is -2.23. The van der Waals surface area contributed by atoms with Gasteiger partial charge < -0.3 is 24.5 Å². The number of ether oxygens (including phenoxy) is 2. The van der Waals surface area contributed by atoms with Crippen LogP contribution in [0.1, 0.15) is 82.5 Å².